The topological polar surface area (TPSA) is 51.5 Å². The molecule has 1 aromatic heterocycles. The number of hydrogen-bond donors (Lipinski definition) is 0. The van der Waals surface area contributed by atoms with Crippen LogP contribution in [-0.2, 0) is 11.3 Å². The fourth-order valence-corrected chi connectivity index (χ4v) is 3.98. The van der Waals surface area contributed by atoms with Gasteiger partial charge in [-0.25, -0.2) is 4.39 Å². The number of nitrogens with zero attached hydrogens (tertiary/aromatic N) is 2. The van der Waals surface area contributed by atoms with Crippen LogP contribution in [0.5, 0.6) is 5.75 Å². The van der Waals surface area contributed by atoms with Crippen molar-refractivity contribution in [3.8, 4) is 5.75 Å². The number of carbonyl (C=O) groups excluding carboxylic acids is 1. The van der Waals surface area contributed by atoms with Crippen LogP contribution >= 0.6 is 9.24 Å². The normalized spacial score (nSPS) is 17.0. The van der Waals surface area contributed by atoms with Gasteiger partial charge in [-0.15, -0.1) is 9.24 Å². The average molecular weight is 376 g/mol. The van der Waals surface area contributed by atoms with Gasteiger partial charge in [0.1, 0.15) is 17.3 Å². The highest BCUT2D eigenvalue weighted by molar-refractivity contribution is 7.27. The van der Waals surface area contributed by atoms with Crippen molar-refractivity contribution in [1.29, 1.82) is 0 Å². The van der Waals surface area contributed by atoms with Gasteiger partial charge in [0.15, 0.2) is 0 Å². The number of halogens is 1. The summed E-state index contributed by atoms with van der Waals surface area (Å²) >= 11 is 0. The molecule has 3 rings (SSSR count). The van der Waals surface area contributed by atoms with Crippen LogP contribution in [0.2, 0.25) is 0 Å². The monoisotopic (exact) mass is 376 g/mol. The van der Waals surface area contributed by atoms with Gasteiger partial charge in [-0.1, -0.05) is 6.92 Å². The van der Waals surface area contributed by atoms with Gasteiger partial charge in [-0.3, -0.25) is 9.59 Å². The summed E-state index contributed by atoms with van der Waals surface area (Å²) in [6.45, 7) is 2.87. The third kappa shape index (κ3) is 3.38. The number of hydrogen-bond acceptors (Lipinski definition) is 3. The third-order valence-electron chi connectivity index (χ3n) is 4.66. The van der Waals surface area contributed by atoms with E-state index in [4.69, 9.17) is 4.74 Å². The van der Waals surface area contributed by atoms with Gasteiger partial charge in [0.05, 0.1) is 7.11 Å². The van der Waals surface area contributed by atoms with Crippen molar-refractivity contribution in [1.82, 2.24) is 4.57 Å². The molecular formula is C19H22FN2O3P. The van der Waals surface area contributed by atoms with Crippen LogP contribution < -0.4 is 20.5 Å². The summed E-state index contributed by atoms with van der Waals surface area (Å²) in [6, 6.07) is 6.47. The molecule has 5 nitrogen and oxygen atoms in total. The van der Waals surface area contributed by atoms with Gasteiger partial charge >= 0.3 is 0 Å². The van der Waals surface area contributed by atoms with E-state index in [1.54, 1.807) is 29.0 Å². The van der Waals surface area contributed by atoms with Gasteiger partial charge in [0.25, 0.3) is 5.56 Å². The van der Waals surface area contributed by atoms with Crippen LogP contribution in [0.4, 0.5) is 10.1 Å². The summed E-state index contributed by atoms with van der Waals surface area (Å²) in [4.78, 5) is 26.7. The number of rotatable bonds is 5. The number of anilines is 1. The Labute approximate surface area is 154 Å². The molecule has 138 valence electrons. The standard InChI is InChI=1S/C19H22FN2O3P/c1-3-6-21-7-4-5-15(19(21)24)22-11-12(8-17(22)23)18-14(20)9-13(25-2)10-16(18)26/h4-5,7,9-10,12H,3,6,8,11,26H2,1-2H3/t12-/m0/s1. The first kappa shape index (κ1) is 18.6. The molecule has 1 aliphatic heterocycles. The van der Waals surface area contributed by atoms with Crippen LogP contribution in [0.1, 0.15) is 31.2 Å². The second-order valence-corrected chi connectivity index (χ2v) is 7.03. The first-order valence-corrected chi connectivity index (χ1v) is 9.16. The molecule has 1 unspecified atom stereocenters. The van der Waals surface area contributed by atoms with E-state index in [1.165, 1.54) is 18.1 Å². The zero-order valence-electron chi connectivity index (χ0n) is 14.9. The van der Waals surface area contributed by atoms with E-state index in [2.05, 4.69) is 9.24 Å². The Morgan fingerprint density at radius 1 is 1.35 bits per heavy atom. The summed E-state index contributed by atoms with van der Waals surface area (Å²) in [6.07, 6.45) is 2.72. The largest absolute Gasteiger partial charge is 0.497 e. The Morgan fingerprint density at radius 2 is 2.12 bits per heavy atom. The van der Waals surface area contributed by atoms with Crippen LogP contribution in [0.15, 0.2) is 35.3 Å². The number of pyridine rings is 1. The quantitative estimate of drug-likeness (QED) is 0.754. The molecule has 7 heteroatoms. The molecule has 1 aliphatic rings. The minimum absolute atomic E-state index is 0.166. The number of aryl methyl sites for hydroxylation is 1. The van der Waals surface area contributed by atoms with Crippen molar-refractivity contribution in [2.75, 3.05) is 18.6 Å². The van der Waals surface area contributed by atoms with E-state index in [-0.39, 0.29) is 30.3 Å². The van der Waals surface area contributed by atoms with E-state index < -0.39 is 5.82 Å². The lowest BCUT2D eigenvalue weighted by molar-refractivity contribution is -0.117. The minimum atomic E-state index is -0.398. The maximum absolute atomic E-state index is 14.6. The predicted octanol–water partition coefficient (Wildman–Crippen LogP) is 2.43. The van der Waals surface area contributed by atoms with E-state index in [0.717, 1.165) is 6.42 Å². The molecule has 0 bridgehead atoms. The SMILES string of the molecule is CCCn1cccc(N2C[C@@H](c3c(F)cc(OC)cc3P)CC2=O)c1=O. The smallest absolute Gasteiger partial charge is 0.274 e. The molecule has 1 amide bonds. The van der Waals surface area contributed by atoms with Crippen LogP contribution in [0.25, 0.3) is 0 Å². The molecule has 0 radical (unpaired) electrons. The van der Waals surface area contributed by atoms with Crippen molar-refractivity contribution in [3.05, 3.63) is 52.2 Å². The molecule has 0 N–H and O–H groups in total. The number of methoxy groups -OCH3 is 1. The summed E-state index contributed by atoms with van der Waals surface area (Å²) in [5.41, 5.74) is 0.647. The lowest BCUT2D eigenvalue weighted by Gasteiger charge is -2.19. The zero-order valence-corrected chi connectivity index (χ0v) is 16.0. The highest BCUT2D eigenvalue weighted by atomic mass is 31.0. The Kier molecular flexibility index (Phi) is 5.42. The van der Waals surface area contributed by atoms with E-state index in [9.17, 15) is 14.0 Å². The first-order valence-electron chi connectivity index (χ1n) is 8.59. The second kappa shape index (κ2) is 7.58. The van der Waals surface area contributed by atoms with E-state index in [1.807, 2.05) is 6.92 Å². The Morgan fingerprint density at radius 3 is 2.77 bits per heavy atom. The zero-order chi connectivity index (χ0) is 18.8. The molecule has 2 aromatic rings. The van der Waals surface area contributed by atoms with Crippen LogP contribution in [0, 0.1) is 5.82 Å². The Hall–Kier alpha value is -2.20. The molecule has 2 heterocycles. The lowest BCUT2D eigenvalue weighted by atomic mass is 9.97. The molecule has 1 saturated heterocycles. The van der Waals surface area contributed by atoms with Crippen LogP contribution in [-0.4, -0.2) is 24.1 Å². The second-order valence-electron chi connectivity index (χ2n) is 6.41. The Balaban J connectivity index is 1.93. The molecule has 0 spiro atoms. The number of aromatic nitrogens is 1. The van der Waals surface area contributed by atoms with E-state index in [0.29, 0.717) is 28.8 Å². The maximum Gasteiger partial charge on any atom is 0.274 e. The van der Waals surface area contributed by atoms with Gasteiger partial charge < -0.3 is 14.2 Å². The van der Waals surface area contributed by atoms with Crippen molar-refractivity contribution >= 4 is 26.1 Å². The van der Waals surface area contributed by atoms with E-state index >= 15 is 0 Å². The van der Waals surface area contributed by atoms with Crippen molar-refractivity contribution in [2.24, 2.45) is 0 Å². The molecule has 1 fully saturated rings. The highest BCUT2D eigenvalue weighted by Gasteiger charge is 2.35. The number of benzene rings is 1. The molecule has 1 aromatic carbocycles. The molecule has 2 atom stereocenters. The highest BCUT2D eigenvalue weighted by Crippen LogP contribution is 2.33. The summed E-state index contributed by atoms with van der Waals surface area (Å²) < 4.78 is 21.2. The maximum atomic E-state index is 14.6. The predicted molar refractivity (Wildman–Crippen MR) is 103 cm³/mol. The lowest BCUT2D eigenvalue weighted by Crippen LogP contribution is -2.33. The third-order valence-corrected chi connectivity index (χ3v) is 5.14. The van der Waals surface area contributed by atoms with Gasteiger partial charge in [0, 0.05) is 43.3 Å². The number of ether oxygens (including phenoxy) is 1. The average Bonchev–Trinajstić information content (AvgIpc) is 2.97. The van der Waals surface area contributed by atoms with Gasteiger partial charge in [-0.2, -0.15) is 0 Å². The summed E-state index contributed by atoms with van der Waals surface area (Å²) in [5.74, 6) is -0.436. The van der Waals surface area contributed by atoms with Gasteiger partial charge in [-0.05, 0) is 29.9 Å². The minimum Gasteiger partial charge on any atom is -0.497 e. The van der Waals surface area contributed by atoms with Gasteiger partial charge in [0.2, 0.25) is 5.91 Å². The summed E-state index contributed by atoms with van der Waals surface area (Å²) in [5, 5.41) is 0.665. The van der Waals surface area contributed by atoms with Crippen molar-refractivity contribution < 1.29 is 13.9 Å². The Bertz CT molecular complexity index is 874. The first-order chi connectivity index (χ1) is 12.5. The summed E-state index contributed by atoms with van der Waals surface area (Å²) in [7, 11) is 3.99. The molecule has 26 heavy (non-hydrogen) atoms. The van der Waals surface area contributed by atoms with Crippen molar-refractivity contribution in [3.63, 3.8) is 0 Å². The number of carbonyl (C=O) groups is 1. The number of amides is 1. The van der Waals surface area contributed by atoms with Crippen LogP contribution in [0.3, 0.4) is 0 Å². The van der Waals surface area contributed by atoms with Crippen molar-refractivity contribution in [2.45, 2.75) is 32.2 Å². The fourth-order valence-electron chi connectivity index (χ4n) is 3.44. The fraction of sp³-hybridized carbons (Fsp3) is 0.368. The molecular weight excluding hydrogens is 354 g/mol. The molecule has 0 aliphatic carbocycles. The molecule has 0 saturated carbocycles.